The number of allylic oxidation sites excluding steroid dienone is 1. The number of fused-ring (bicyclic) bond motifs is 1. The Kier molecular flexibility index (Phi) is 10.9. The van der Waals surface area contributed by atoms with E-state index in [0.29, 0.717) is 37.1 Å². The average Bonchev–Trinajstić information content (AvgIpc) is 3.25. The Morgan fingerprint density at radius 3 is 2.75 bits per heavy atom. The summed E-state index contributed by atoms with van der Waals surface area (Å²) in [4.78, 5) is 40.6. The molecule has 10 nitrogen and oxygen atoms in total. The monoisotopic (exact) mass is 567 g/mol. The molecule has 1 aliphatic rings. The van der Waals surface area contributed by atoms with Crippen molar-refractivity contribution in [1.29, 1.82) is 0 Å². The van der Waals surface area contributed by atoms with Gasteiger partial charge >= 0.3 is 6.09 Å². The fourth-order valence-electron chi connectivity index (χ4n) is 3.94. The molecule has 0 bridgehead atoms. The topological polar surface area (TPSA) is 121 Å². The van der Waals surface area contributed by atoms with Gasteiger partial charge in [0.15, 0.2) is 0 Å². The zero-order valence-electron chi connectivity index (χ0n) is 24.6. The summed E-state index contributed by atoms with van der Waals surface area (Å²) >= 11 is 1.76. The van der Waals surface area contributed by atoms with Crippen molar-refractivity contribution in [3.63, 3.8) is 0 Å². The highest BCUT2D eigenvalue weighted by Gasteiger charge is 2.22. The lowest BCUT2D eigenvalue weighted by atomic mass is 9.96. The zero-order chi connectivity index (χ0) is 29.3. The van der Waals surface area contributed by atoms with E-state index >= 15 is 0 Å². The largest absolute Gasteiger partial charge is 0.444 e. The highest BCUT2D eigenvalue weighted by atomic mass is 32.1. The number of aromatic nitrogens is 3. The van der Waals surface area contributed by atoms with E-state index in [0.717, 1.165) is 41.3 Å². The lowest BCUT2D eigenvalue weighted by Gasteiger charge is -2.24. The molecule has 2 aromatic heterocycles. The Morgan fingerprint density at radius 2 is 2.02 bits per heavy atom. The van der Waals surface area contributed by atoms with Crippen LogP contribution in [0.3, 0.4) is 0 Å². The molecule has 216 valence electrons. The van der Waals surface area contributed by atoms with Crippen LogP contribution in [-0.2, 0) is 9.53 Å². The molecule has 40 heavy (non-hydrogen) atoms. The van der Waals surface area contributed by atoms with Gasteiger partial charge in [-0.05, 0) is 59.0 Å². The summed E-state index contributed by atoms with van der Waals surface area (Å²) < 4.78 is 5.26. The van der Waals surface area contributed by atoms with E-state index in [2.05, 4.69) is 57.7 Å². The molecular formula is C29H41N7O3S. The van der Waals surface area contributed by atoms with Crippen LogP contribution in [0, 0.1) is 18.8 Å². The van der Waals surface area contributed by atoms with Crippen molar-refractivity contribution in [2.45, 2.75) is 78.7 Å². The number of anilines is 2. The third-order valence-electron chi connectivity index (χ3n) is 5.79. The first kappa shape index (κ1) is 30.9. The Hall–Kier alpha value is -3.65. The van der Waals surface area contributed by atoms with Crippen LogP contribution in [0.15, 0.2) is 11.9 Å². The second kappa shape index (κ2) is 14.1. The molecule has 11 heteroatoms. The first-order valence-electron chi connectivity index (χ1n) is 13.7. The second-order valence-corrected chi connectivity index (χ2v) is 12.1. The van der Waals surface area contributed by atoms with Crippen LogP contribution in [0.5, 0.6) is 0 Å². The number of unbranched alkanes of at least 4 members (excludes halogenated alkanes) is 1. The van der Waals surface area contributed by atoms with E-state index < -0.39 is 11.7 Å². The summed E-state index contributed by atoms with van der Waals surface area (Å²) in [5.41, 5.74) is 2.20. The molecule has 2 amide bonds. The number of carbonyl (C=O) groups excluding carboxylic acids is 2. The zero-order valence-corrected chi connectivity index (χ0v) is 25.4. The van der Waals surface area contributed by atoms with Crippen molar-refractivity contribution in [3.05, 3.63) is 33.0 Å². The standard InChI is InChI=1S/C29H41N7O3S/c1-8-13-31-26-21(12-10-9-11-14-30-24(37)18-36(7)28(38)39-29(4,5)6)17-32-27(35-26)34-22-15-19(2)25-23(16-22)33-20(3)40-25/h16-17,19H,8-9,11,13-15,18H2,1-7H3,(H,30,37)(H2,31,32,34,35). The van der Waals surface area contributed by atoms with Crippen LogP contribution in [-0.4, -0.2) is 64.1 Å². The molecular weight excluding hydrogens is 526 g/mol. The number of carbonyl (C=O) groups is 2. The van der Waals surface area contributed by atoms with Gasteiger partial charge in [-0.3, -0.25) is 4.79 Å². The summed E-state index contributed by atoms with van der Waals surface area (Å²) in [5.74, 6) is 7.69. The number of nitrogens with zero attached hydrogens (tertiary/aromatic N) is 4. The molecule has 0 saturated heterocycles. The number of hydrogen-bond acceptors (Lipinski definition) is 9. The molecule has 0 radical (unpaired) electrons. The molecule has 0 saturated carbocycles. The lowest BCUT2D eigenvalue weighted by molar-refractivity contribution is -0.122. The Balaban J connectivity index is 1.52. The van der Waals surface area contributed by atoms with Crippen molar-refractivity contribution in [2.75, 3.05) is 37.3 Å². The van der Waals surface area contributed by atoms with Gasteiger partial charge in [-0.1, -0.05) is 25.7 Å². The smallest absolute Gasteiger partial charge is 0.410 e. The lowest BCUT2D eigenvalue weighted by Crippen LogP contribution is -2.41. The highest BCUT2D eigenvalue weighted by Crippen LogP contribution is 2.36. The van der Waals surface area contributed by atoms with Crippen molar-refractivity contribution >= 4 is 41.2 Å². The molecule has 3 rings (SSSR count). The minimum absolute atomic E-state index is 0.0643. The van der Waals surface area contributed by atoms with Gasteiger partial charge in [-0.15, -0.1) is 11.3 Å². The Morgan fingerprint density at radius 1 is 1.25 bits per heavy atom. The summed E-state index contributed by atoms with van der Waals surface area (Å²) in [5, 5.41) is 10.6. The molecule has 1 unspecified atom stereocenters. The number of hydrogen-bond donors (Lipinski definition) is 3. The van der Waals surface area contributed by atoms with Crippen LogP contribution < -0.4 is 16.0 Å². The summed E-state index contributed by atoms with van der Waals surface area (Å²) in [6.07, 6.45) is 6.40. The highest BCUT2D eigenvalue weighted by molar-refractivity contribution is 7.11. The van der Waals surface area contributed by atoms with Crippen molar-refractivity contribution < 1.29 is 14.3 Å². The third-order valence-corrected chi connectivity index (χ3v) is 7.00. The number of ether oxygens (including phenoxy) is 1. The van der Waals surface area contributed by atoms with Gasteiger partial charge in [0.2, 0.25) is 11.9 Å². The fraction of sp³-hybridized carbons (Fsp3) is 0.552. The van der Waals surface area contributed by atoms with Crippen LogP contribution >= 0.6 is 11.3 Å². The quantitative estimate of drug-likeness (QED) is 0.267. The van der Waals surface area contributed by atoms with E-state index in [1.54, 1.807) is 38.3 Å². The van der Waals surface area contributed by atoms with Crippen LogP contribution in [0.2, 0.25) is 0 Å². The predicted molar refractivity (Wildman–Crippen MR) is 160 cm³/mol. The number of aryl methyl sites for hydroxylation is 1. The van der Waals surface area contributed by atoms with Crippen molar-refractivity contribution in [2.24, 2.45) is 0 Å². The van der Waals surface area contributed by atoms with Gasteiger partial charge in [-0.2, -0.15) is 4.98 Å². The van der Waals surface area contributed by atoms with E-state index in [1.165, 1.54) is 16.8 Å². The predicted octanol–water partition coefficient (Wildman–Crippen LogP) is 5.14. The summed E-state index contributed by atoms with van der Waals surface area (Å²) in [7, 11) is 1.54. The van der Waals surface area contributed by atoms with Crippen molar-refractivity contribution in [1.82, 2.24) is 25.2 Å². The van der Waals surface area contributed by atoms with Gasteiger partial charge in [0.25, 0.3) is 0 Å². The van der Waals surface area contributed by atoms with Crippen LogP contribution in [0.4, 0.5) is 16.6 Å². The maximum absolute atomic E-state index is 12.1. The number of amides is 2. The SMILES string of the molecule is CCCNc1nc(NC2=Cc3nc(C)sc3C(C)C2)ncc1C#CCCCNC(=O)CN(C)C(=O)OC(C)(C)C. The summed E-state index contributed by atoms with van der Waals surface area (Å²) in [6.45, 7) is 12.9. The number of rotatable bonds is 10. The molecule has 3 N–H and O–H groups in total. The molecule has 1 aliphatic carbocycles. The van der Waals surface area contributed by atoms with Gasteiger partial charge in [0, 0.05) is 37.1 Å². The molecule has 0 aromatic carbocycles. The van der Waals surface area contributed by atoms with E-state index in [9.17, 15) is 9.59 Å². The minimum Gasteiger partial charge on any atom is -0.444 e. The van der Waals surface area contributed by atoms with E-state index in [-0.39, 0.29) is 12.5 Å². The van der Waals surface area contributed by atoms with Crippen LogP contribution in [0.1, 0.15) is 87.4 Å². The maximum Gasteiger partial charge on any atom is 0.410 e. The molecule has 2 heterocycles. The van der Waals surface area contributed by atoms with Gasteiger partial charge in [0.1, 0.15) is 18.0 Å². The van der Waals surface area contributed by atoms with E-state index in [1.807, 2.05) is 6.92 Å². The Bertz CT molecular complexity index is 1290. The first-order valence-corrected chi connectivity index (χ1v) is 14.5. The van der Waals surface area contributed by atoms with Crippen LogP contribution in [0.25, 0.3) is 6.08 Å². The average molecular weight is 568 g/mol. The van der Waals surface area contributed by atoms with Gasteiger partial charge < -0.3 is 25.6 Å². The third kappa shape index (κ3) is 9.52. The normalized spacial score (nSPS) is 14.3. The molecule has 0 fully saturated rings. The van der Waals surface area contributed by atoms with Gasteiger partial charge in [0.05, 0.1) is 22.5 Å². The minimum atomic E-state index is -0.606. The second-order valence-electron chi connectivity index (χ2n) is 10.9. The molecule has 0 aliphatic heterocycles. The molecule has 0 spiro atoms. The Labute approximate surface area is 241 Å². The van der Waals surface area contributed by atoms with Gasteiger partial charge in [-0.25, -0.2) is 14.8 Å². The maximum atomic E-state index is 12.1. The van der Waals surface area contributed by atoms with E-state index in [4.69, 9.17) is 9.72 Å². The molecule has 1 atom stereocenters. The number of nitrogens with one attached hydrogen (secondary N) is 3. The number of thiazole rings is 1. The van der Waals surface area contributed by atoms with Crippen molar-refractivity contribution in [3.8, 4) is 11.8 Å². The summed E-state index contributed by atoms with van der Waals surface area (Å²) in [6, 6.07) is 0. The molecule has 2 aromatic rings. The first-order chi connectivity index (χ1) is 18.9. The fourth-order valence-corrected chi connectivity index (χ4v) is 4.90. The number of likely N-dealkylation sites (N-methyl/N-ethyl adjacent to an activating group) is 1.